The molecule has 26 heavy (non-hydrogen) atoms. The molecule has 0 unspecified atom stereocenters. The molecule has 3 aromatic rings. The zero-order chi connectivity index (χ0) is 17.9. The van der Waals surface area contributed by atoms with Crippen molar-refractivity contribution < 1.29 is 23.2 Å². The van der Waals surface area contributed by atoms with E-state index >= 15 is 0 Å². The lowest BCUT2D eigenvalue weighted by Gasteiger charge is -2.26. The second-order valence-corrected chi connectivity index (χ2v) is 6.34. The van der Waals surface area contributed by atoms with E-state index in [1.165, 1.54) is 18.9 Å². The van der Waals surface area contributed by atoms with Crippen molar-refractivity contribution in [3.05, 3.63) is 54.2 Å². The van der Waals surface area contributed by atoms with Crippen molar-refractivity contribution in [3.8, 4) is 5.75 Å². The van der Waals surface area contributed by atoms with Gasteiger partial charge in [0.25, 0.3) is 5.91 Å². The van der Waals surface area contributed by atoms with Gasteiger partial charge in [0.05, 0.1) is 11.8 Å². The molecule has 1 amide bonds. The Morgan fingerprint density at radius 3 is 2.69 bits per heavy atom. The zero-order valence-electron chi connectivity index (χ0n) is 14.3. The van der Waals surface area contributed by atoms with Crippen LogP contribution in [0.5, 0.6) is 5.75 Å². The van der Waals surface area contributed by atoms with Crippen molar-refractivity contribution in [2.75, 3.05) is 19.7 Å². The Labute approximate surface area is 150 Å². The first-order chi connectivity index (χ1) is 12.7. The highest BCUT2D eigenvalue weighted by Gasteiger charge is 2.20. The molecule has 1 fully saturated rings. The summed E-state index contributed by atoms with van der Waals surface area (Å²) in [7, 11) is 0. The van der Waals surface area contributed by atoms with Crippen LogP contribution in [-0.4, -0.2) is 36.3 Å². The van der Waals surface area contributed by atoms with Gasteiger partial charge in [0, 0.05) is 18.5 Å². The average molecular weight is 353 g/mol. The molecule has 0 spiro atoms. The summed E-state index contributed by atoms with van der Waals surface area (Å²) in [6.45, 7) is 1.58. The number of carbonyl (C=O) groups is 2. The summed E-state index contributed by atoms with van der Waals surface area (Å²) in [6, 6.07) is 8.46. The maximum atomic E-state index is 12.5. The van der Waals surface area contributed by atoms with Crippen molar-refractivity contribution in [1.82, 2.24) is 4.90 Å². The van der Waals surface area contributed by atoms with Gasteiger partial charge in [0.2, 0.25) is 5.78 Å². The molecule has 1 aliphatic rings. The summed E-state index contributed by atoms with van der Waals surface area (Å²) >= 11 is 0. The maximum absolute atomic E-state index is 12.5. The second kappa shape index (κ2) is 7.07. The number of ketones is 1. The fourth-order valence-electron chi connectivity index (χ4n) is 3.19. The van der Waals surface area contributed by atoms with Crippen LogP contribution in [0.3, 0.4) is 0 Å². The number of nitrogens with zero attached hydrogens (tertiary/aromatic N) is 1. The van der Waals surface area contributed by atoms with Crippen LogP contribution in [0.2, 0.25) is 0 Å². The van der Waals surface area contributed by atoms with Gasteiger partial charge in [0.1, 0.15) is 17.6 Å². The van der Waals surface area contributed by atoms with Gasteiger partial charge in [-0.2, -0.15) is 0 Å². The molecule has 0 bridgehead atoms. The summed E-state index contributed by atoms with van der Waals surface area (Å²) < 4.78 is 16.3. The van der Waals surface area contributed by atoms with Gasteiger partial charge in [-0.3, -0.25) is 9.59 Å². The number of rotatable bonds is 5. The van der Waals surface area contributed by atoms with E-state index in [1.807, 2.05) is 4.90 Å². The predicted molar refractivity (Wildman–Crippen MR) is 94.3 cm³/mol. The highest BCUT2D eigenvalue weighted by molar-refractivity contribution is 6.14. The quantitative estimate of drug-likeness (QED) is 0.655. The third-order valence-corrected chi connectivity index (χ3v) is 4.61. The molecular weight excluding hydrogens is 334 g/mol. The molecular formula is C20H19NO5. The Hall–Kier alpha value is -3.02. The van der Waals surface area contributed by atoms with Crippen molar-refractivity contribution in [3.63, 3.8) is 0 Å². The Balaban J connectivity index is 1.50. The van der Waals surface area contributed by atoms with E-state index < -0.39 is 0 Å². The first-order valence-electron chi connectivity index (χ1n) is 8.72. The molecule has 3 heterocycles. The molecule has 134 valence electrons. The zero-order valence-corrected chi connectivity index (χ0v) is 14.3. The van der Waals surface area contributed by atoms with Gasteiger partial charge >= 0.3 is 0 Å². The standard InChI is InChI=1S/C20H19NO5/c22-19(21-8-2-1-3-9-21)13-25-14-6-7-17-15(11-14)16(12-26-17)20(23)18-5-4-10-24-18/h4-7,10-12H,1-3,8-9,13H2. The van der Waals surface area contributed by atoms with Crippen LogP contribution in [0.1, 0.15) is 35.4 Å². The van der Waals surface area contributed by atoms with E-state index in [1.54, 1.807) is 30.3 Å². The number of fused-ring (bicyclic) bond motifs is 1. The molecule has 1 saturated heterocycles. The van der Waals surface area contributed by atoms with Crippen molar-refractivity contribution in [2.24, 2.45) is 0 Å². The van der Waals surface area contributed by atoms with Crippen LogP contribution < -0.4 is 4.74 Å². The normalized spacial score (nSPS) is 14.5. The van der Waals surface area contributed by atoms with E-state index in [0.717, 1.165) is 25.9 Å². The largest absolute Gasteiger partial charge is 0.484 e. The number of ether oxygens (including phenoxy) is 1. The fraction of sp³-hybridized carbons (Fsp3) is 0.300. The predicted octanol–water partition coefficient (Wildman–Crippen LogP) is 3.65. The van der Waals surface area contributed by atoms with E-state index in [0.29, 0.717) is 22.3 Å². The van der Waals surface area contributed by atoms with E-state index in [9.17, 15) is 9.59 Å². The summed E-state index contributed by atoms with van der Waals surface area (Å²) in [5.74, 6) is 0.510. The number of likely N-dealkylation sites (tertiary alicyclic amines) is 1. The molecule has 6 heteroatoms. The topological polar surface area (TPSA) is 72.9 Å². The highest BCUT2D eigenvalue weighted by Crippen LogP contribution is 2.28. The highest BCUT2D eigenvalue weighted by atomic mass is 16.5. The lowest BCUT2D eigenvalue weighted by molar-refractivity contribution is -0.134. The van der Waals surface area contributed by atoms with Gasteiger partial charge in [-0.15, -0.1) is 0 Å². The number of furan rings is 2. The van der Waals surface area contributed by atoms with Gasteiger partial charge in [-0.1, -0.05) is 0 Å². The number of amides is 1. The van der Waals surface area contributed by atoms with Gasteiger partial charge in [-0.05, 0) is 49.6 Å². The lowest BCUT2D eigenvalue weighted by atomic mass is 10.1. The van der Waals surface area contributed by atoms with Crippen molar-refractivity contribution in [2.45, 2.75) is 19.3 Å². The van der Waals surface area contributed by atoms with Crippen molar-refractivity contribution in [1.29, 1.82) is 0 Å². The summed E-state index contributed by atoms with van der Waals surface area (Å²) in [4.78, 5) is 26.6. The van der Waals surface area contributed by atoms with E-state index in [2.05, 4.69) is 0 Å². The third kappa shape index (κ3) is 3.22. The monoisotopic (exact) mass is 353 g/mol. The van der Waals surface area contributed by atoms with E-state index in [4.69, 9.17) is 13.6 Å². The minimum atomic E-state index is -0.254. The van der Waals surface area contributed by atoms with Crippen LogP contribution >= 0.6 is 0 Å². The Bertz CT molecular complexity index is 919. The molecule has 0 saturated carbocycles. The fourth-order valence-corrected chi connectivity index (χ4v) is 3.19. The number of hydrogen-bond acceptors (Lipinski definition) is 5. The van der Waals surface area contributed by atoms with Crippen LogP contribution in [0.25, 0.3) is 11.0 Å². The van der Waals surface area contributed by atoms with Crippen molar-refractivity contribution >= 4 is 22.7 Å². The Morgan fingerprint density at radius 2 is 1.92 bits per heavy atom. The van der Waals surface area contributed by atoms with Gasteiger partial charge in [-0.25, -0.2) is 0 Å². The number of benzene rings is 1. The van der Waals surface area contributed by atoms with Crippen LogP contribution in [0.15, 0.2) is 51.7 Å². The lowest BCUT2D eigenvalue weighted by Crippen LogP contribution is -2.38. The number of piperidine rings is 1. The number of carbonyl (C=O) groups excluding carboxylic acids is 2. The molecule has 0 N–H and O–H groups in total. The van der Waals surface area contributed by atoms with E-state index in [-0.39, 0.29) is 24.1 Å². The molecule has 0 radical (unpaired) electrons. The first kappa shape index (κ1) is 16.4. The summed E-state index contributed by atoms with van der Waals surface area (Å²) in [5, 5.41) is 0.634. The Morgan fingerprint density at radius 1 is 1.08 bits per heavy atom. The molecule has 4 rings (SSSR count). The summed E-state index contributed by atoms with van der Waals surface area (Å²) in [5.41, 5.74) is 0.984. The van der Waals surface area contributed by atoms with Crippen LogP contribution in [0, 0.1) is 0 Å². The molecule has 1 aromatic carbocycles. The smallest absolute Gasteiger partial charge is 0.260 e. The molecule has 0 aliphatic carbocycles. The number of hydrogen-bond donors (Lipinski definition) is 0. The molecule has 6 nitrogen and oxygen atoms in total. The average Bonchev–Trinajstić information content (AvgIpc) is 3.36. The second-order valence-electron chi connectivity index (χ2n) is 6.34. The molecule has 1 aliphatic heterocycles. The minimum absolute atomic E-state index is 0.00911. The first-order valence-corrected chi connectivity index (χ1v) is 8.72. The maximum Gasteiger partial charge on any atom is 0.260 e. The van der Waals surface area contributed by atoms with Crippen LogP contribution in [0.4, 0.5) is 0 Å². The minimum Gasteiger partial charge on any atom is -0.484 e. The molecule has 2 aromatic heterocycles. The van der Waals surface area contributed by atoms with Gasteiger partial charge < -0.3 is 18.5 Å². The Kier molecular flexibility index (Phi) is 4.48. The summed E-state index contributed by atoms with van der Waals surface area (Å²) in [6.07, 6.45) is 6.14. The van der Waals surface area contributed by atoms with Crippen LogP contribution in [-0.2, 0) is 4.79 Å². The third-order valence-electron chi connectivity index (χ3n) is 4.61. The molecule has 0 atom stereocenters. The van der Waals surface area contributed by atoms with Gasteiger partial charge in [0.15, 0.2) is 12.4 Å². The SMILES string of the molecule is O=C(c1ccco1)c1coc2ccc(OCC(=O)N3CCCCC3)cc12.